The normalized spacial score (nSPS) is 30.7. The highest BCUT2D eigenvalue weighted by Crippen LogP contribution is 2.52. The van der Waals surface area contributed by atoms with E-state index in [1.54, 1.807) is 0 Å². The Balaban J connectivity index is 1.58. The maximum Gasteiger partial charge on any atom is 0.191 e. The minimum atomic E-state index is 0.172. The third-order valence-corrected chi connectivity index (χ3v) is 4.97. The number of aromatic nitrogens is 1. The van der Waals surface area contributed by atoms with Gasteiger partial charge in [0.25, 0.3) is 0 Å². The Bertz CT molecular complexity index is 534. The maximum absolute atomic E-state index is 5.84. The van der Waals surface area contributed by atoms with Gasteiger partial charge in [-0.05, 0) is 18.1 Å². The number of aliphatic imine (C=N–C) groups is 1. The molecular weight excluding hydrogens is 264 g/mol. The number of ether oxygens (including phenoxy) is 1. The lowest BCUT2D eigenvalue weighted by Crippen LogP contribution is -2.67. The van der Waals surface area contributed by atoms with Crippen molar-refractivity contribution in [3.63, 3.8) is 0 Å². The number of aryl methyl sites for hydroxylation is 1. The lowest BCUT2D eigenvalue weighted by molar-refractivity contribution is -0.106. The van der Waals surface area contributed by atoms with Crippen molar-refractivity contribution in [1.82, 2.24) is 15.2 Å². The third kappa shape index (κ3) is 2.55. The van der Waals surface area contributed by atoms with E-state index in [4.69, 9.17) is 4.74 Å². The number of nitrogens with zero attached hydrogens (tertiary/aromatic N) is 2. The molecule has 2 N–H and O–H groups in total. The first-order valence-electron chi connectivity index (χ1n) is 7.72. The van der Waals surface area contributed by atoms with Crippen molar-refractivity contribution in [2.75, 3.05) is 13.7 Å². The fourth-order valence-corrected chi connectivity index (χ4v) is 3.81. The van der Waals surface area contributed by atoms with Crippen molar-refractivity contribution in [2.24, 2.45) is 23.4 Å². The number of nitrogens with one attached hydrogen (secondary N) is 2. The van der Waals surface area contributed by atoms with E-state index in [1.807, 2.05) is 14.1 Å². The summed E-state index contributed by atoms with van der Waals surface area (Å²) in [5, 5.41) is 6.99. The fraction of sp³-hybridized carbons (Fsp3) is 0.688. The van der Waals surface area contributed by atoms with Crippen molar-refractivity contribution in [1.29, 1.82) is 0 Å². The Kier molecular flexibility index (Phi) is 3.69. The highest BCUT2D eigenvalue weighted by molar-refractivity contribution is 5.80. The monoisotopic (exact) mass is 290 g/mol. The first-order valence-corrected chi connectivity index (χ1v) is 7.72. The van der Waals surface area contributed by atoms with Crippen LogP contribution in [0.15, 0.2) is 23.5 Å². The second kappa shape index (κ2) is 5.37. The zero-order valence-corrected chi connectivity index (χ0v) is 13.4. The molecule has 0 amide bonds. The quantitative estimate of drug-likeness (QED) is 0.655. The summed E-state index contributed by atoms with van der Waals surface area (Å²) in [4.78, 5) is 4.36. The van der Waals surface area contributed by atoms with Gasteiger partial charge >= 0.3 is 0 Å². The summed E-state index contributed by atoms with van der Waals surface area (Å²) in [6, 6.07) is 2.56. The Morgan fingerprint density at radius 1 is 1.52 bits per heavy atom. The largest absolute Gasteiger partial charge is 0.377 e. The van der Waals surface area contributed by atoms with Gasteiger partial charge in [0.05, 0.1) is 6.10 Å². The van der Waals surface area contributed by atoms with E-state index in [0.29, 0.717) is 18.1 Å². The topological polar surface area (TPSA) is 50.6 Å². The van der Waals surface area contributed by atoms with Crippen molar-refractivity contribution >= 4 is 5.96 Å². The second-order valence-corrected chi connectivity index (χ2v) is 6.80. The molecule has 116 valence electrons. The van der Waals surface area contributed by atoms with Crippen LogP contribution in [0.2, 0.25) is 0 Å². The maximum atomic E-state index is 5.84. The Morgan fingerprint density at radius 3 is 3.00 bits per heavy atom. The summed E-state index contributed by atoms with van der Waals surface area (Å²) in [6.07, 6.45) is 5.74. The molecule has 1 aromatic heterocycles. The number of hydrogen-bond donors (Lipinski definition) is 2. The number of fused-ring (bicyclic) bond motifs is 1. The molecule has 1 saturated heterocycles. The number of hydrogen-bond acceptors (Lipinski definition) is 2. The van der Waals surface area contributed by atoms with E-state index < -0.39 is 0 Å². The van der Waals surface area contributed by atoms with E-state index in [0.717, 1.165) is 25.5 Å². The smallest absolute Gasteiger partial charge is 0.191 e. The first-order chi connectivity index (χ1) is 10.0. The molecule has 1 aromatic rings. The highest BCUT2D eigenvalue weighted by atomic mass is 16.5. The Morgan fingerprint density at radius 2 is 2.33 bits per heavy atom. The molecule has 1 aliphatic carbocycles. The molecule has 5 heteroatoms. The molecule has 3 unspecified atom stereocenters. The van der Waals surface area contributed by atoms with Crippen LogP contribution in [0.25, 0.3) is 0 Å². The van der Waals surface area contributed by atoms with Crippen LogP contribution in [0, 0.1) is 11.3 Å². The van der Waals surface area contributed by atoms with Gasteiger partial charge in [0.15, 0.2) is 5.96 Å². The molecule has 0 spiro atoms. The summed E-state index contributed by atoms with van der Waals surface area (Å²) in [5.41, 5.74) is 1.43. The molecule has 3 rings (SSSR count). The van der Waals surface area contributed by atoms with E-state index in [9.17, 15) is 0 Å². The molecule has 0 bridgehead atoms. The summed E-state index contributed by atoms with van der Waals surface area (Å²) in [7, 11) is 3.86. The Hall–Kier alpha value is -1.49. The number of rotatable bonds is 3. The van der Waals surface area contributed by atoms with Gasteiger partial charge in [0, 0.05) is 57.0 Å². The molecule has 2 fully saturated rings. The molecule has 2 heterocycles. The standard InChI is InChI=1S/C16H26N4O/c1-16(2)13(12-6-8-21-14(12)16)19-15(17-3)18-9-11-5-7-20(4)10-11/h5,7,10,12-14H,6,8-9H2,1-4H3,(H2,17,18,19). The molecule has 1 aliphatic heterocycles. The average Bonchev–Trinajstić information content (AvgIpc) is 3.06. The summed E-state index contributed by atoms with van der Waals surface area (Å²) < 4.78 is 7.90. The highest BCUT2D eigenvalue weighted by Gasteiger charge is 2.59. The first kappa shape index (κ1) is 14.4. The number of guanidine groups is 1. The molecule has 5 nitrogen and oxygen atoms in total. The predicted octanol–water partition coefficient (Wildman–Crippen LogP) is 1.50. The fourth-order valence-electron chi connectivity index (χ4n) is 3.81. The summed E-state index contributed by atoms with van der Waals surface area (Å²) in [5.74, 6) is 1.50. The lowest BCUT2D eigenvalue weighted by atomic mass is 9.57. The zero-order valence-electron chi connectivity index (χ0n) is 13.4. The van der Waals surface area contributed by atoms with Gasteiger partial charge < -0.3 is 19.9 Å². The molecule has 0 aromatic carbocycles. The molecule has 2 aliphatic rings. The zero-order chi connectivity index (χ0) is 15.0. The molecule has 0 radical (unpaired) electrons. The van der Waals surface area contributed by atoms with Crippen LogP contribution in [-0.2, 0) is 18.3 Å². The van der Waals surface area contributed by atoms with Gasteiger partial charge in [-0.2, -0.15) is 0 Å². The lowest BCUT2D eigenvalue weighted by Gasteiger charge is -2.54. The van der Waals surface area contributed by atoms with Gasteiger partial charge in [-0.1, -0.05) is 13.8 Å². The van der Waals surface area contributed by atoms with Gasteiger partial charge in [0.1, 0.15) is 0 Å². The van der Waals surface area contributed by atoms with E-state index >= 15 is 0 Å². The minimum Gasteiger partial charge on any atom is -0.377 e. The van der Waals surface area contributed by atoms with Gasteiger partial charge in [-0.25, -0.2) is 0 Å². The van der Waals surface area contributed by atoms with Crippen LogP contribution >= 0.6 is 0 Å². The van der Waals surface area contributed by atoms with Crippen LogP contribution in [0.5, 0.6) is 0 Å². The van der Waals surface area contributed by atoms with E-state index in [1.165, 1.54) is 5.56 Å². The van der Waals surface area contributed by atoms with Gasteiger partial charge in [-0.15, -0.1) is 0 Å². The molecule has 21 heavy (non-hydrogen) atoms. The van der Waals surface area contributed by atoms with Gasteiger partial charge in [0.2, 0.25) is 0 Å². The van der Waals surface area contributed by atoms with Crippen LogP contribution in [0.1, 0.15) is 25.8 Å². The van der Waals surface area contributed by atoms with Crippen molar-refractivity contribution in [2.45, 2.75) is 39.0 Å². The van der Waals surface area contributed by atoms with Crippen LogP contribution in [-0.4, -0.2) is 36.3 Å². The van der Waals surface area contributed by atoms with E-state index in [2.05, 4.69) is 52.5 Å². The van der Waals surface area contributed by atoms with Crippen LogP contribution in [0.3, 0.4) is 0 Å². The van der Waals surface area contributed by atoms with Crippen molar-refractivity contribution in [3.8, 4) is 0 Å². The van der Waals surface area contributed by atoms with Crippen LogP contribution in [0.4, 0.5) is 0 Å². The average molecular weight is 290 g/mol. The van der Waals surface area contributed by atoms with E-state index in [-0.39, 0.29) is 5.41 Å². The molecule has 3 atom stereocenters. The minimum absolute atomic E-state index is 0.172. The third-order valence-electron chi connectivity index (χ3n) is 4.97. The SMILES string of the molecule is CN=C(NCc1ccn(C)c1)NC1C2CCOC2C1(C)C. The Labute approximate surface area is 126 Å². The van der Waals surface area contributed by atoms with Crippen molar-refractivity contribution in [3.05, 3.63) is 24.0 Å². The van der Waals surface area contributed by atoms with Gasteiger partial charge in [-0.3, -0.25) is 4.99 Å². The molecule has 1 saturated carbocycles. The van der Waals surface area contributed by atoms with Crippen LogP contribution < -0.4 is 10.6 Å². The second-order valence-electron chi connectivity index (χ2n) is 6.80. The van der Waals surface area contributed by atoms with Crippen molar-refractivity contribution < 1.29 is 4.74 Å². The summed E-state index contributed by atoms with van der Waals surface area (Å²) >= 11 is 0. The summed E-state index contributed by atoms with van der Waals surface area (Å²) in [6.45, 7) is 6.24. The predicted molar refractivity (Wildman–Crippen MR) is 84.2 cm³/mol. The molecular formula is C16H26N4O.